The highest BCUT2D eigenvalue weighted by Crippen LogP contribution is 2.71. The lowest BCUT2D eigenvalue weighted by atomic mass is 9.43. The van der Waals surface area contributed by atoms with E-state index < -0.39 is 11.3 Å². The van der Waals surface area contributed by atoms with Crippen molar-refractivity contribution < 1.29 is 33.8 Å². The summed E-state index contributed by atoms with van der Waals surface area (Å²) in [7, 11) is 3.71. The smallest absolute Gasteiger partial charge is 0.340 e. The Morgan fingerprint density at radius 3 is 2.49 bits per heavy atom. The predicted molar refractivity (Wildman–Crippen MR) is 236 cm³/mol. The third kappa shape index (κ3) is 7.22. The van der Waals surface area contributed by atoms with Gasteiger partial charge in [0.05, 0.1) is 22.7 Å². The minimum atomic E-state index is -0.851. The molecule has 6 atom stereocenters. The van der Waals surface area contributed by atoms with E-state index in [9.17, 15) is 19.5 Å². The Kier molecular flexibility index (Phi) is 11.5. The van der Waals surface area contributed by atoms with Crippen molar-refractivity contribution >= 4 is 45.3 Å². The maximum absolute atomic E-state index is 15.0. The monoisotopic (exact) mass is 867 g/mol. The van der Waals surface area contributed by atoms with Crippen LogP contribution in [0.25, 0.3) is 0 Å². The van der Waals surface area contributed by atoms with Crippen LogP contribution in [0.4, 0.5) is 0 Å². The van der Waals surface area contributed by atoms with E-state index in [1.54, 1.807) is 0 Å². The minimum absolute atomic E-state index is 0.0357. The van der Waals surface area contributed by atoms with Gasteiger partial charge in [-0.3, -0.25) is 14.5 Å². The number of aliphatic hydroxyl groups excluding tert-OH is 1. The van der Waals surface area contributed by atoms with Crippen molar-refractivity contribution in [3.05, 3.63) is 81.7 Å². The fourth-order valence-corrected chi connectivity index (χ4v) is 15.9. The zero-order valence-electron chi connectivity index (χ0n) is 35.5. The fraction of sp³-hybridized carbons (Fsp3) is 0.633. The number of rotatable bonds is 8. The van der Waals surface area contributed by atoms with Crippen LogP contribution in [0.2, 0.25) is 0 Å². The molecular weight excluding hydrogens is 807 g/mol. The second-order valence-electron chi connectivity index (χ2n) is 19.5. The van der Waals surface area contributed by atoms with E-state index in [1.165, 1.54) is 42.7 Å². The predicted octanol–water partition coefficient (Wildman–Crippen LogP) is 8.31. The van der Waals surface area contributed by atoms with Crippen LogP contribution in [0.15, 0.2) is 81.7 Å². The first-order chi connectivity index (χ1) is 29.7. The van der Waals surface area contributed by atoms with Gasteiger partial charge in [0.2, 0.25) is 0 Å². The lowest BCUT2D eigenvalue weighted by molar-refractivity contribution is -0.138. The molecule has 0 aromatic rings. The molecule has 0 aromatic carbocycles. The quantitative estimate of drug-likeness (QED) is 0.124. The number of fused-ring (bicyclic) bond motifs is 2. The number of ether oxygens (including phenoxy) is 2. The minimum Gasteiger partial charge on any atom is -0.427 e. The molecule has 5 heterocycles. The van der Waals surface area contributed by atoms with Gasteiger partial charge in [-0.2, -0.15) is 0 Å². The van der Waals surface area contributed by atoms with Crippen molar-refractivity contribution in [1.29, 1.82) is 0 Å². The number of nitrogens with one attached hydrogen (secondary N) is 2. The number of hydrogen-bond acceptors (Lipinski definition) is 11. The van der Waals surface area contributed by atoms with E-state index in [-0.39, 0.29) is 60.1 Å². The first-order valence-electron chi connectivity index (χ1n) is 23.4. The zero-order chi connectivity index (χ0) is 41.9. The summed E-state index contributed by atoms with van der Waals surface area (Å²) in [5.41, 5.74) is 3.61. The molecule has 6 unspecified atom stereocenters. The Morgan fingerprint density at radius 1 is 0.918 bits per heavy atom. The summed E-state index contributed by atoms with van der Waals surface area (Å²) in [5.74, 6) is 3.70. The molecule has 1 saturated heterocycles. The molecule has 11 rings (SSSR count). The van der Waals surface area contributed by atoms with Crippen LogP contribution in [-0.4, -0.2) is 65.1 Å². The Hall–Kier alpha value is -3.48. The Labute approximate surface area is 368 Å². The number of aliphatic hydroxyl groups is 1. The topological polar surface area (TPSA) is 134 Å². The molecule has 12 heteroatoms. The normalized spacial score (nSPS) is 36.3. The van der Waals surface area contributed by atoms with Crippen molar-refractivity contribution in [2.24, 2.45) is 52.3 Å². The number of imide groups is 1. The van der Waals surface area contributed by atoms with Gasteiger partial charge in [0.15, 0.2) is 0 Å². The molecule has 2 amide bonds. The molecule has 0 radical (unpaired) electrons. The van der Waals surface area contributed by atoms with Gasteiger partial charge in [-0.05, 0) is 141 Å². The number of esters is 2. The van der Waals surface area contributed by atoms with Crippen molar-refractivity contribution in [3.8, 4) is 0 Å². The first kappa shape index (κ1) is 41.5. The molecule has 3 saturated carbocycles. The van der Waals surface area contributed by atoms with Gasteiger partial charge in [-0.15, -0.1) is 0 Å². The summed E-state index contributed by atoms with van der Waals surface area (Å²) in [5, 5.41) is 16.6. The number of dihydropyridines is 1. The van der Waals surface area contributed by atoms with Crippen molar-refractivity contribution in [1.82, 2.24) is 15.5 Å². The van der Waals surface area contributed by atoms with Crippen molar-refractivity contribution in [2.45, 2.75) is 110 Å². The second kappa shape index (κ2) is 16.9. The maximum Gasteiger partial charge on any atom is 0.340 e. The molecule has 6 aliphatic carbocycles. The second-order valence-corrected chi connectivity index (χ2v) is 22.0. The molecule has 1 spiro atoms. The molecular formula is C49H61N3O7S2. The van der Waals surface area contributed by atoms with Crippen LogP contribution in [0.3, 0.4) is 0 Å². The van der Waals surface area contributed by atoms with Crippen LogP contribution in [0, 0.1) is 52.3 Å². The third-order valence-corrected chi connectivity index (χ3v) is 19.0. The number of carbonyl (C=O) groups is 4. The van der Waals surface area contributed by atoms with Gasteiger partial charge >= 0.3 is 11.9 Å². The lowest BCUT2D eigenvalue weighted by Gasteiger charge is -2.57. The van der Waals surface area contributed by atoms with Crippen LogP contribution >= 0.6 is 21.6 Å². The molecule has 0 aromatic heterocycles. The highest BCUT2D eigenvalue weighted by atomic mass is 33.1. The summed E-state index contributed by atoms with van der Waals surface area (Å²) in [6.07, 6.45) is 27.6. The van der Waals surface area contributed by atoms with E-state index in [1.807, 2.05) is 21.6 Å². The van der Waals surface area contributed by atoms with E-state index in [2.05, 4.69) is 41.9 Å². The number of nitrogens with zero attached hydrogens (tertiary/aromatic N) is 1. The number of cyclic esters (lactones) is 1. The van der Waals surface area contributed by atoms with Crippen molar-refractivity contribution in [3.63, 3.8) is 0 Å². The Balaban J connectivity index is 1.12. The van der Waals surface area contributed by atoms with Gasteiger partial charge in [-0.1, -0.05) is 60.3 Å². The molecule has 4 fully saturated rings. The average molecular weight is 868 g/mol. The Morgan fingerprint density at radius 2 is 1.72 bits per heavy atom. The van der Waals surface area contributed by atoms with Crippen LogP contribution in [0.1, 0.15) is 110 Å². The van der Waals surface area contributed by atoms with Crippen molar-refractivity contribution in [2.75, 3.05) is 31.3 Å². The summed E-state index contributed by atoms with van der Waals surface area (Å²) in [6, 6.07) is 0. The number of allylic oxidation sites excluding steroid dienone is 5. The van der Waals surface area contributed by atoms with E-state index >= 15 is 4.79 Å². The Bertz CT molecular complexity index is 2070. The average Bonchev–Trinajstić information content (AvgIpc) is 4.04. The van der Waals surface area contributed by atoms with Crippen LogP contribution in [-0.2, 0) is 28.7 Å². The number of amides is 2. The van der Waals surface area contributed by atoms with Gasteiger partial charge in [0.25, 0.3) is 11.8 Å². The van der Waals surface area contributed by atoms with Gasteiger partial charge in [0, 0.05) is 60.6 Å². The van der Waals surface area contributed by atoms with E-state index in [0.717, 1.165) is 110 Å². The highest BCUT2D eigenvalue weighted by Gasteiger charge is 2.69. The van der Waals surface area contributed by atoms with E-state index in [0.29, 0.717) is 47.9 Å². The summed E-state index contributed by atoms with van der Waals surface area (Å²) in [4.78, 5) is 57.5. The number of hydrogen-bond donors (Lipinski definition) is 3. The van der Waals surface area contributed by atoms with Gasteiger partial charge < -0.3 is 25.2 Å². The first-order valence-corrected chi connectivity index (χ1v) is 25.9. The van der Waals surface area contributed by atoms with Crippen LogP contribution < -0.4 is 10.6 Å². The third-order valence-electron chi connectivity index (χ3n) is 16.7. The molecule has 61 heavy (non-hydrogen) atoms. The standard InChI is InChI=1S/C49H61N3O7S2/c1-2-48(19-3-4-20-48)25-37-35-13-12-34-33-17-21-49(44(34)43(35)46(56)58-37)38-14-11-32(30-9-7-29(8-10-30)6-5-23-53)27-60-61-28-51-39-24-31(18-22-50-39)36(42(33)45(49)47(57)59-38)26-52-40(54)15-16-41(52)55/h14-16,18,24-25,29-30,32-34,36,44,50-51,53H,2-13,17,19-23,26-28H2,1H3. The molecule has 7 bridgehead atoms. The summed E-state index contributed by atoms with van der Waals surface area (Å²) in [6.45, 7) is 3.20. The SMILES string of the molecule is CCC1(C=C2OC(=O)C3=C2CCC2C4CCC5(C6=CCC(C7CCC(CCCO)CC7)CSSCNC7=CC(=CCN7)C(CN7C(=O)C=CC7=O)C4=C5C(=O)O6)C32)CCCC1. The molecule has 10 nitrogen and oxygen atoms in total. The zero-order valence-corrected chi connectivity index (χ0v) is 37.1. The molecule has 5 aliphatic heterocycles. The number of carbonyl (C=O) groups excluding carboxylic acids is 4. The lowest BCUT2D eigenvalue weighted by Crippen LogP contribution is -2.54. The van der Waals surface area contributed by atoms with Gasteiger partial charge in [0.1, 0.15) is 11.5 Å². The molecule has 3 N–H and O–H groups in total. The maximum atomic E-state index is 15.0. The molecule has 326 valence electrons. The van der Waals surface area contributed by atoms with Gasteiger partial charge in [-0.25, -0.2) is 9.59 Å². The summed E-state index contributed by atoms with van der Waals surface area (Å²) >= 11 is 0. The fourth-order valence-electron chi connectivity index (χ4n) is 13.7. The van der Waals surface area contributed by atoms with E-state index in [4.69, 9.17) is 9.47 Å². The highest BCUT2D eigenvalue weighted by molar-refractivity contribution is 8.76. The van der Waals surface area contributed by atoms with Crippen LogP contribution in [0.5, 0.6) is 0 Å². The molecule has 11 aliphatic rings. The summed E-state index contributed by atoms with van der Waals surface area (Å²) < 4.78 is 13.0. The largest absolute Gasteiger partial charge is 0.427 e.